The van der Waals surface area contributed by atoms with Gasteiger partial charge in [0.1, 0.15) is 5.75 Å². The average molecular weight is 629 g/mol. The predicted molar refractivity (Wildman–Crippen MR) is 186 cm³/mol. The van der Waals surface area contributed by atoms with Crippen LogP contribution in [0.2, 0.25) is 0 Å². The Kier molecular flexibility index (Phi) is 12.6. The van der Waals surface area contributed by atoms with Crippen LogP contribution in [0.25, 0.3) is 0 Å². The molecule has 4 rings (SSSR count). The first kappa shape index (κ1) is 35.0. The molecule has 0 unspecified atom stereocenters. The van der Waals surface area contributed by atoms with E-state index in [1.54, 1.807) is 13.2 Å². The zero-order valence-corrected chi connectivity index (χ0v) is 28.2. The number of benzene rings is 3. The van der Waals surface area contributed by atoms with Crippen LogP contribution in [0, 0.1) is 0 Å². The minimum Gasteiger partial charge on any atom is -0.497 e. The molecular formula is C38H52N4O4. The number of hydrogen-bond acceptors (Lipinski definition) is 6. The number of nitrogens with one attached hydrogen (secondary N) is 2. The number of rotatable bonds is 16. The van der Waals surface area contributed by atoms with Crippen LogP contribution in [0.5, 0.6) is 5.75 Å². The van der Waals surface area contributed by atoms with Crippen molar-refractivity contribution in [3.8, 4) is 5.75 Å². The number of carbonyl (C=O) groups excluding carboxylic acids is 2. The van der Waals surface area contributed by atoms with Crippen molar-refractivity contribution in [2.24, 2.45) is 0 Å². The predicted octanol–water partition coefficient (Wildman–Crippen LogP) is 5.78. The van der Waals surface area contributed by atoms with Gasteiger partial charge >= 0.3 is 0 Å². The summed E-state index contributed by atoms with van der Waals surface area (Å²) < 4.78 is 5.42. The highest BCUT2D eigenvalue weighted by atomic mass is 16.5. The average Bonchev–Trinajstić information content (AvgIpc) is 3.62. The van der Waals surface area contributed by atoms with Crippen molar-refractivity contribution in [1.29, 1.82) is 0 Å². The van der Waals surface area contributed by atoms with Crippen LogP contribution < -0.4 is 20.3 Å². The third-order valence-electron chi connectivity index (χ3n) is 8.80. The molecule has 1 aliphatic heterocycles. The Morgan fingerprint density at radius 2 is 1.61 bits per heavy atom. The summed E-state index contributed by atoms with van der Waals surface area (Å²) in [4.78, 5) is 31.8. The zero-order valence-electron chi connectivity index (χ0n) is 28.2. The Morgan fingerprint density at radius 3 is 2.26 bits per heavy atom. The van der Waals surface area contributed by atoms with Gasteiger partial charge in [-0.25, -0.2) is 0 Å². The van der Waals surface area contributed by atoms with E-state index in [9.17, 15) is 14.7 Å². The lowest BCUT2D eigenvalue weighted by Gasteiger charge is -2.31. The standard InChI is InChI=1S/C38H52N4O4/c1-6-18-42(19-7-2)37(45)30-23-29(24-32(25-30)41-20-11-12-21-41)36(44)40-34(22-28-14-9-8-10-15-28)35(43)27-39-38(3,4)31-16-13-17-33(26-31)46-5/h8-10,13-17,23-26,34-35,39,43H,6-7,11-12,18-22,27H2,1-5H3,(H,40,44)/t34-,35+/m0/s1. The number of anilines is 1. The van der Waals surface area contributed by atoms with Crippen LogP contribution in [-0.2, 0) is 12.0 Å². The molecule has 0 aliphatic carbocycles. The van der Waals surface area contributed by atoms with Gasteiger partial charge in [-0.05, 0) is 87.4 Å². The molecule has 0 bridgehead atoms. The van der Waals surface area contributed by atoms with E-state index >= 15 is 0 Å². The molecule has 1 aliphatic rings. The number of aliphatic hydroxyl groups excluding tert-OH is 1. The molecule has 2 amide bonds. The fourth-order valence-electron chi connectivity index (χ4n) is 6.08. The summed E-state index contributed by atoms with van der Waals surface area (Å²) in [5.74, 6) is 0.409. The molecule has 1 saturated heterocycles. The van der Waals surface area contributed by atoms with Gasteiger partial charge in [-0.15, -0.1) is 0 Å². The Morgan fingerprint density at radius 1 is 0.935 bits per heavy atom. The third kappa shape index (κ3) is 9.33. The summed E-state index contributed by atoms with van der Waals surface area (Å²) in [5.41, 5.74) is 3.42. The van der Waals surface area contributed by atoms with Gasteiger partial charge in [0.15, 0.2) is 0 Å². The molecule has 8 nitrogen and oxygen atoms in total. The summed E-state index contributed by atoms with van der Waals surface area (Å²) in [6.07, 6.45) is 3.47. The number of methoxy groups -OCH3 is 1. The van der Waals surface area contributed by atoms with Crippen molar-refractivity contribution in [2.75, 3.05) is 44.7 Å². The summed E-state index contributed by atoms with van der Waals surface area (Å²) in [6, 6.07) is 22.7. The second-order valence-electron chi connectivity index (χ2n) is 12.8. The lowest BCUT2D eigenvalue weighted by molar-refractivity contribution is 0.0755. The Hall–Kier alpha value is -3.88. The molecule has 1 fully saturated rings. The van der Waals surface area contributed by atoms with Crippen molar-refractivity contribution in [2.45, 2.75) is 77.5 Å². The number of hydrogen-bond donors (Lipinski definition) is 3. The normalized spacial score (nSPS) is 14.5. The maximum absolute atomic E-state index is 14.0. The highest BCUT2D eigenvalue weighted by molar-refractivity contribution is 6.01. The van der Waals surface area contributed by atoms with E-state index < -0.39 is 17.7 Å². The van der Waals surface area contributed by atoms with Crippen LogP contribution in [0.3, 0.4) is 0 Å². The van der Waals surface area contributed by atoms with Gasteiger partial charge in [-0.1, -0.05) is 56.3 Å². The molecule has 3 aromatic carbocycles. The van der Waals surface area contributed by atoms with E-state index in [0.29, 0.717) is 30.6 Å². The number of nitrogens with zero attached hydrogens (tertiary/aromatic N) is 2. The van der Waals surface area contributed by atoms with Crippen LogP contribution in [0.15, 0.2) is 72.8 Å². The fourth-order valence-corrected chi connectivity index (χ4v) is 6.08. The van der Waals surface area contributed by atoms with Gasteiger partial charge in [0, 0.05) is 55.1 Å². The number of aliphatic hydroxyl groups is 1. The molecule has 2 atom stereocenters. The third-order valence-corrected chi connectivity index (χ3v) is 8.80. The van der Waals surface area contributed by atoms with Gasteiger partial charge in [0.25, 0.3) is 11.8 Å². The molecule has 248 valence electrons. The Bertz CT molecular complexity index is 1420. The highest BCUT2D eigenvalue weighted by Crippen LogP contribution is 2.26. The van der Waals surface area contributed by atoms with E-state index in [1.807, 2.05) is 71.6 Å². The van der Waals surface area contributed by atoms with Crippen molar-refractivity contribution >= 4 is 17.5 Å². The van der Waals surface area contributed by atoms with E-state index in [4.69, 9.17) is 4.74 Å². The quantitative estimate of drug-likeness (QED) is 0.186. The van der Waals surface area contributed by atoms with E-state index in [0.717, 1.165) is 61.3 Å². The van der Waals surface area contributed by atoms with Gasteiger partial charge in [-0.2, -0.15) is 0 Å². The maximum atomic E-state index is 14.0. The highest BCUT2D eigenvalue weighted by Gasteiger charge is 2.28. The Labute approximate surface area is 275 Å². The smallest absolute Gasteiger partial charge is 0.253 e. The molecule has 3 N–H and O–H groups in total. The maximum Gasteiger partial charge on any atom is 0.253 e. The molecule has 46 heavy (non-hydrogen) atoms. The van der Waals surface area contributed by atoms with Gasteiger partial charge in [0.05, 0.1) is 19.3 Å². The molecule has 0 aromatic heterocycles. The lowest BCUT2D eigenvalue weighted by Crippen LogP contribution is -2.51. The first-order chi connectivity index (χ1) is 22.1. The largest absolute Gasteiger partial charge is 0.497 e. The molecule has 1 heterocycles. The van der Waals surface area contributed by atoms with E-state index in [2.05, 4.69) is 43.2 Å². The lowest BCUT2D eigenvalue weighted by atomic mass is 9.93. The minimum atomic E-state index is -0.887. The zero-order chi connectivity index (χ0) is 33.1. The van der Waals surface area contributed by atoms with Gasteiger partial charge < -0.3 is 30.3 Å². The van der Waals surface area contributed by atoms with Crippen LogP contribution in [-0.4, -0.2) is 73.8 Å². The fraction of sp³-hybridized carbons (Fsp3) is 0.474. The summed E-state index contributed by atoms with van der Waals surface area (Å²) in [7, 11) is 1.65. The SMILES string of the molecule is CCCN(CCC)C(=O)c1cc(C(=O)N[C@@H](Cc2ccccc2)[C@H](O)CNC(C)(C)c2cccc(OC)c2)cc(N2CCCC2)c1. The summed E-state index contributed by atoms with van der Waals surface area (Å²) in [6.45, 7) is 11.7. The number of ether oxygens (including phenoxy) is 1. The van der Waals surface area contributed by atoms with Crippen molar-refractivity contribution in [3.63, 3.8) is 0 Å². The van der Waals surface area contributed by atoms with Crippen molar-refractivity contribution < 1.29 is 19.4 Å². The van der Waals surface area contributed by atoms with Crippen LogP contribution in [0.1, 0.15) is 85.2 Å². The van der Waals surface area contributed by atoms with Gasteiger partial charge in [-0.3, -0.25) is 9.59 Å². The number of carbonyl (C=O) groups is 2. The van der Waals surface area contributed by atoms with Crippen LogP contribution >= 0.6 is 0 Å². The molecule has 8 heteroatoms. The summed E-state index contributed by atoms with van der Waals surface area (Å²) >= 11 is 0. The van der Waals surface area contributed by atoms with Crippen LogP contribution in [0.4, 0.5) is 5.69 Å². The topological polar surface area (TPSA) is 94.1 Å². The molecule has 3 aromatic rings. The van der Waals surface area contributed by atoms with Crippen molar-refractivity contribution in [1.82, 2.24) is 15.5 Å². The Balaban J connectivity index is 1.59. The second-order valence-corrected chi connectivity index (χ2v) is 12.8. The molecule has 0 spiro atoms. The first-order valence-electron chi connectivity index (χ1n) is 16.8. The minimum absolute atomic E-state index is 0.0522. The van der Waals surface area contributed by atoms with E-state index in [1.165, 1.54) is 0 Å². The van der Waals surface area contributed by atoms with E-state index in [-0.39, 0.29) is 18.4 Å². The molecule has 0 radical (unpaired) electrons. The summed E-state index contributed by atoms with van der Waals surface area (Å²) in [5, 5.41) is 18.2. The molecule has 0 saturated carbocycles. The van der Waals surface area contributed by atoms with Gasteiger partial charge in [0.2, 0.25) is 0 Å². The first-order valence-corrected chi connectivity index (χ1v) is 16.8. The number of amides is 2. The molecular weight excluding hydrogens is 576 g/mol. The monoisotopic (exact) mass is 628 g/mol. The second kappa shape index (κ2) is 16.6. The van der Waals surface area contributed by atoms with Crippen molar-refractivity contribution in [3.05, 3.63) is 95.1 Å².